The highest BCUT2D eigenvalue weighted by Gasteiger charge is 2.20. The van der Waals surface area contributed by atoms with Gasteiger partial charge in [0.1, 0.15) is 0 Å². The Morgan fingerprint density at radius 2 is 0.865 bits per heavy atom. The van der Waals surface area contributed by atoms with Gasteiger partial charge in [-0.1, -0.05) is 18.2 Å². The lowest BCUT2D eigenvalue weighted by Gasteiger charge is -2.16. The van der Waals surface area contributed by atoms with Crippen LogP contribution in [0.1, 0.15) is 22.3 Å². The molecule has 37 heavy (non-hydrogen) atoms. The lowest BCUT2D eigenvalue weighted by molar-refractivity contribution is 0.564. The van der Waals surface area contributed by atoms with E-state index in [0.717, 1.165) is 24.8 Å². The zero-order chi connectivity index (χ0) is 26.9. The van der Waals surface area contributed by atoms with Gasteiger partial charge in [-0.25, -0.2) is 37.7 Å². The average Bonchev–Trinajstić information content (AvgIpc) is 2.85. The van der Waals surface area contributed by atoms with E-state index in [1.54, 1.807) is 44.2 Å². The summed E-state index contributed by atoms with van der Waals surface area (Å²) < 4.78 is 2.53. The molecule has 1 aromatic heterocycles. The summed E-state index contributed by atoms with van der Waals surface area (Å²) in [4.78, 5) is 70.2. The summed E-state index contributed by atoms with van der Waals surface area (Å²) in [5.74, 6) is 0. The number of carbonyl (C=O) groups excluding carboxylic acids is 2. The van der Waals surface area contributed by atoms with Gasteiger partial charge in [0.05, 0.1) is 28.4 Å². The predicted molar refractivity (Wildman–Crippen MR) is 138 cm³/mol. The Labute approximate surface area is 210 Å². The maximum atomic E-state index is 13.7. The van der Waals surface area contributed by atoms with Gasteiger partial charge in [-0.2, -0.15) is 9.98 Å². The number of aliphatic imine (C=N–C) groups is 2. The van der Waals surface area contributed by atoms with Gasteiger partial charge in [-0.15, -0.1) is 0 Å². The first-order chi connectivity index (χ1) is 17.7. The molecule has 0 aliphatic carbocycles. The molecule has 0 unspecified atom stereocenters. The molecule has 0 saturated heterocycles. The van der Waals surface area contributed by atoms with Crippen molar-refractivity contribution in [1.82, 2.24) is 13.7 Å². The Hall–Kier alpha value is -5.17. The SMILES string of the molecule is Cc1ccc(-n2c(=O)n(-c3ccc(C)c(N=C=O)c3)c(=O)n(-c3ccc(C)c(N=C=O)c3)c2=O)cc1C. The first kappa shape index (κ1) is 24.9. The molecule has 0 atom stereocenters. The van der Waals surface area contributed by atoms with E-state index in [2.05, 4.69) is 9.98 Å². The Morgan fingerprint density at radius 3 is 1.22 bits per heavy atom. The van der Waals surface area contributed by atoms with Crippen LogP contribution in [0.4, 0.5) is 11.4 Å². The van der Waals surface area contributed by atoms with Crippen LogP contribution in [0.5, 0.6) is 0 Å². The summed E-state index contributed by atoms with van der Waals surface area (Å²) >= 11 is 0. The molecule has 0 bridgehead atoms. The number of isocyanates is 2. The second-order valence-electron chi connectivity index (χ2n) is 8.47. The van der Waals surface area contributed by atoms with Crippen molar-refractivity contribution in [3.05, 3.63) is 108 Å². The molecule has 4 rings (SSSR count). The van der Waals surface area contributed by atoms with E-state index < -0.39 is 17.1 Å². The molecule has 10 nitrogen and oxygen atoms in total. The van der Waals surface area contributed by atoms with Crippen LogP contribution in [0.3, 0.4) is 0 Å². The molecule has 3 aromatic carbocycles. The third-order valence-electron chi connectivity index (χ3n) is 6.13. The number of hydrogen-bond donors (Lipinski definition) is 0. The smallest absolute Gasteiger partial charge is 0.246 e. The lowest BCUT2D eigenvalue weighted by Crippen LogP contribution is -2.52. The van der Waals surface area contributed by atoms with E-state index >= 15 is 0 Å². The van der Waals surface area contributed by atoms with E-state index in [1.807, 2.05) is 13.8 Å². The molecule has 184 valence electrons. The zero-order valence-corrected chi connectivity index (χ0v) is 20.5. The number of nitrogens with zero attached hydrogens (tertiary/aromatic N) is 5. The van der Waals surface area contributed by atoms with Gasteiger partial charge in [-0.3, -0.25) is 0 Å². The van der Waals surface area contributed by atoms with Crippen molar-refractivity contribution in [3.8, 4) is 17.1 Å². The third-order valence-corrected chi connectivity index (χ3v) is 6.13. The first-order valence-corrected chi connectivity index (χ1v) is 11.1. The fourth-order valence-electron chi connectivity index (χ4n) is 3.89. The van der Waals surface area contributed by atoms with E-state index in [-0.39, 0.29) is 28.4 Å². The minimum absolute atomic E-state index is 0.0965. The maximum Gasteiger partial charge on any atom is 0.345 e. The molecule has 0 amide bonds. The van der Waals surface area contributed by atoms with Gasteiger partial charge < -0.3 is 0 Å². The van der Waals surface area contributed by atoms with Gasteiger partial charge >= 0.3 is 17.1 Å². The van der Waals surface area contributed by atoms with Crippen LogP contribution in [0, 0.1) is 27.7 Å². The van der Waals surface area contributed by atoms with Crippen molar-refractivity contribution in [2.75, 3.05) is 0 Å². The van der Waals surface area contributed by atoms with Crippen LogP contribution in [-0.2, 0) is 9.59 Å². The molecule has 0 radical (unpaired) electrons. The third kappa shape index (κ3) is 4.46. The average molecular weight is 495 g/mol. The Morgan fingerprint density at radius 1 is 0.514 bits per heavy atom. The zero-order valence-electron chi connectivity index (χ0n) is 20.5. The molecular formula is C27H21N5O5. The monoisotopic (exact) mass is 495 g/mol. The minimum Gasteiger partial charge on any atom is -0.246 e. The van der Waals surface area contributed by atoms with E-state index in [9.17, 15) is 24.0 Å². The highest BCUT2D eigenvalue weighted by atomic mass is 16.2. The first-order valence-electron chi connectivity index (χ1n) is 11.1. The van der Waals surface area contributed by atoms with Gasteiger partial charge in [0.15, 0.2) is 0 Å². The fourth-order valence-corrected chi connectivity index (χ4v) is 3.89. The number of hydrogen-bond acceptors (Lipinski definition) is 7. The summed E-state index contributed by atoms with van der Waals surface area (Å²) in [5, 5.41) is 0. The quantitative estimate of drug-likeness (QED) is 0.310. The number of aromatic nitrogens is 3. The van der Waals surface area contributed by atoms with E-state index in [0.29, 0.717) is 11.1 Å². The van der Waals surface area contributed by atoms with Crippen LogP contribution in [-0.4, -0.2) is 25.9 Å². The molecule has 10 heteroatoms. The van der Waals surface area contributed by atoms with Crippen molar-refractivity contribution in [2.45, 2.75) is 27.7 Å². The van der Waals surface area contributed by atoms with Crippen molar-refractivity contribution in [2.24, 2.45) is 9.98 Å². The van der Waals surface area contributed by atoms with Crippen LogP contribution >= 0.6 is 0 Å². The predicted octanol–water partition coefficient (Wildman–Crippen LogP) is 3.31. The molecule has 0 saturated carbocycles. The fraction of sp³-hybridized carbons (Fsp3) is 0.148. The molecule has 1 heterocycles. The van der Waals surface area contributed by atoms with Gasteiger partial charge in [0.2, 0.25) is 12.2 Å². The normalized spacial score (nSPS) is 10.5. The molecule has 0 N–H and O–H groups in total. The molecule has 4 aromatic rings. The molecule has 0 aliphatic heterocycles. The topological polar surface area (TPSA) is 125 Å². The molecule has 0 spiro atoms. The highest BCUT2D eigenvalue weighted by molar-refractivity contribution is 5.59. The molecule has 0 fully saturated rings. The maximum absolute atomic E-state index is 13.7. The van der Waals surface area contributed by atoms with E-state index in [4.69, 9.17) is 0 Å². The van der Waals surface area contributed by atoms with Crippen molar-refractivity contribution >= 4 is 23.5 Å². The number of benzene rings is 3. The Balaban J connectivity index is 2.18. The second-order valence-corrected chi connectivity index (χ2v) is 8.47. The van der Waals surface area contributed by atoms with Crippen LogP contribution in [0.25, 0.3) is 17.1 Å². The van der Waals surface area contributed by atoms with Crippen molar-refractivity contribution in [1.29, 1.82) is 0 Å². The van der Waals surface area contributed by atoms with Gasteiger partial charge in [-0.05, 0) is 86.3 Å². The largest absolute Gasteiger partial charge is 0.345 e. The standard InChI is InChI=1S/C27H21N5O5/c1-16-5-8-20(11-19(16)4)30-25(35)31(21-9-6-17(2)23(12-21)28-14-33)27(37)32(26(30)36)22-10-7-18(3)24(13-22)29-15-34/h5-13H,1-4H3. The van der Waals surface area contributed by atoms with Gasteiger partial charge in [0, 0.05) is 0 Å². The molecular weight excluding hydrogens is 474 g/mol. The summed E-state index contributed by atoms with van der Waals surface area (Å²) in [6, 6.07) is 14.0. The minimum atomic E-state index is -0.954. The van der Waals surface area contributed by atoms with Crippen molar-refractivity contribution < 1.29 is 9.59 Å². The summed E-state index contributed by atoms with van der Waals surface area (Å²) in [6.07, 6.45) is 2.92. The summed E-state index contributed by atoms with van der Waals surface area (Å²) in [6.45, 7) is 7.15. The van der Waals surface area contributed by atoms with E-state index in [1.165, 1.54) is 36.4 Å². The van der Waals surface area contributed by atoms with Crippen LogP contribution < -0.4 is 17.1 Å². The van der Waals surface area contributed by atoms with Crippen molar-refractivity contribution in [3.63, 3.8) is 0 Å². The van der Waals surface area contributed by atoms with Crippen LogP contribution in [0.2, 0.25) is 0 Å². The summed E-state index contributed by atoms with van der Waals surface area (Å²) in [7, 11) is 0. The summed E-state index contributed by atoms with van der Waals surface area (Å²) in [5.41, 5.74) is 1.16. The second kappa shape index (κ2) is 9.83. The van der Waals surface area contributed by atoms with Crippen LogP contribution in [0.15, 0.2) is 79.0 Å². The lowest BCUT2D eigenvalue weighted by atomic mass is 10.1. The Bertz CT molecular complexity index is 1740. The number of rotatable bonds is 5. The van der Waals surface area contributed by atoms with Gasteiger partial charge in [0.25, 0.3) is 0 Å². The number of aryl methyl sites for hydroxylation is 4. The molecule has 0 aliphatic rings. The highest BCUT2D eigenvalue weighted by Crippen LogP contribution is 2.22. The Kier molecular flexibility index (Phi) is 6.63.